The highest BCUT2D eigenvalue weighted by atomic mass is 35.5. The van der Waals surface area contributed by atoms with Gasteiger partial charge in [-0.1, -0.05) is 74.8 Å². The van der Waals surface area contributed by atoms with Crippen LogP contribution in [0.2, 0.25) is 10.0 Å². The molecule has 2 nitrogen and oxygen atoms in total. The normalized spacial score (nSPS) is 22.3. The van der Waals surface area contributed by atoms with Gasteiger partial charge in [0.25, 0.3) is 0 Å². The van der Waals surface area contributed by atoms with Crippen LogP contribution < -0.4 is 5.32 Å². The van der Waals surface area contributed by atoms with Crippen LogP contribution in [0.15, 0.2) is 61.2 Å². The molecule has 0 bridgehead atoms. The number of halogens is 2. The van der Waals surface area contributed by atoms with Gasteiger partial charge < -0.3 is 5.32 Å². The molecule has 0 spiro atoms. The largest absolute Gasteiger partial charge is 0.313 e. The van der Waals surface area contributed by atoms with Crippen LogP contribution in [0.3, 0.4) is 0 Å². The van der Waals surface area contributed by atoms with Gasteiger partial charge in [-0.05, 0) is 66.6 Å². The highest BCUT2D eigenvalue weighted by molar-refractivity contribution is 6.30. The van der Waals surface area contributed by atoms with E-state index in [-0.39, 0.29) is 7.43 Å². The zero-order chi connectivity index (χ0) is 20.8. The van der Waals surface area contributed by atoms with E-state index in [0.717, 1.165) is 23.1 Å². The Morgan fingerprint density at radius 1 is 1.03 bits per heavy atom. The minimum Gasteiger partial charge on any atom is -0.313 e. The molecule has 4 rings (SSSR count). The van der Waals surface area contributed by atoms with Crippen molar-refractivity contribution in [3.8, 4) is 0 Å². The third kappa shape index (κ3) is 6.34. The third-order valence-corrected chi connectivity index (χ3v) is 6.81. The lowest BCUT2D eigenvalue weighted by atomic mass is 9.85. The van der Waals surface area contributed by atoms with Crippen molar-refractivity contribution in [1.82, 2.24) is 10.2 Å². The Morgan fingerprint density at radius 2 is 1.60 bits per heavy atom. The summed E-state index contributed by atoms with van der Waals surface area (Å²) in [4.78, 5) is 2.47. The summed E-state index contributed by atoms with van der Waals surface area (Å²) in [5, 5.41) is 5.09. The molecule has 4 heteroatoms. The van der Waals surface area contributed by atoms with Crippen molar-refractivity contribution < 1.29 is 0 Å². The first-order chi connectivity index (χ1) is 14.0. The summed E-state index contributed by atoms with van der Waals surface area (Å²) in [7, 11) is 0. The molecule has 2 fully saturated rings. The minimum atomic E-state index is 0. The van der Waals surface area contributed by atoms with Crippen molar-refractivity contribution in [2.45, 2.75) is 58.0 Å². The molecule has 0 aromatic heterocycles. The van der Waals surface area contributed by atoms with Crippen molar-refractivity contribution in [3.05, 3.63) is 82.4 Å². The zero-order valence-corrected chi connectivity index (χ0v) is 19.0. The fourth-order valence-corrected chi connectivity index (χ4v) is 4.59. The Hall–Kier alpha value is -1.32. The highest BCUT2D eigenvalue weighted by Crippen LogP contribution is 2.32. The molecule has 0 unspecified atom stereocenters. The number of hydrogen-bond donors (Lipinski definition) is 1. The van der Waals surface area contributed by atoms with Crippen LogP contribution in [-0.2, 0) is 0 Å². The van der Waals surface area contributed by atoms with Crippen molar-refractivity contribution in [2.75, 3.05) is 19.6 Å². The molecule has 2 aliphatic rings. The maximum atomic E-state index is 6.02. The van der Waals surface area contributed by atoms with Crippen molar-refractivity contribution in [1.29, 1.82) is 0 Å². The predicted octanol–water partition coefficient (Wildman–Crippen LogP) is 7.15. The molecule has 1 N–H and O–H groups in total. The van der Waals surface area contributed by atoms with E-state index in [4.69, 9.17) is 23.2 Å². The number of hydrogen-bond acceptors (Lipinski definition) is 2. The Balaban J connectivity index is 0.000000211. The van der Waals surface area contributed by atoms with Gasteiger partial charge in [0.15, 0.2) is 0 Å². The Morgan fingerprint density at radius 3 is 2.00 bits per heavy atom. The van der Waals surface area contributed by atoms with Crippen LogP contribution in [0.1, 0.15) is 57.1 Å². The molecule has 2 aromatic carbocycles. The first-order valence-electron chi connectivity index (χ1n) is 10.6. The molecule has 4 atom stereocenters. The molecular weight excluding hydrogens is 411 g/mol. The second-order valence-corrected chi connectivity index (χ2v) is 9.05. The Labute approximate surface area is 193 Å². The van der Waals surface area contributed by atoms with Gasteiger partial charge in [0.2, 0.25) is 0 Å². The van der Waals surface area contributed by atoms with Gasteiger partial charge in [-0.3, -0.25) is 4.90 Å². The van der Waals surface area contributed by atoms with E-state index >= 15 is 0 Å². The van der Waals surface area contributed by atoms with E-state index in [1.807, 2.05) is 30.3 Å². The van der Waals surface area contributed by atoms with Crippen molar-refractivity contribution >= 4 is 23.2 Å². The summed E-state index contributed by atoms with van der Waals surface area (Å²) in [5.41, 5.74) is 2.68. The lowest BCUT2D eigenvalue weighted by Gasteiger charge is -2.44. The van der Waals surface area contributed by atoms with Crippen LogP contribution in [0.4, 0.5) is 0 Å². The average Bonchev–Trinajstić information content (AvgIpc) is 2.64. The van der Waals surface area contributed by atoms with Crippen LogP contribution in [-0.4, -0.2) is 36.6 Å². The quantitative estimate of drug-likeness (QED) is 0.473. The van der Waals surface area contributed by atoms with E-state index in [1.165, 1.54) is 30.5 Å². The molecule has 164 valence electrons. The Bertz CT molecular complexity index is 803. The summed E-state index contributed by atoms with van der Waals surface area (Å²) in [5.74, 6) is 1.12. The van der Waals surface area contributed by atoms with Gasteiger partial charge in [0.1, 0.15) is 0 Å². The van der Waals surface area contributed by atoms with Gasteiger partial charge in [0.05, 0.1) is 0 Å². The number of likely N-dealkylation sites (tertiary alicyclic amines) is 1. The van der Waals surface area contributed by atoms with Crippen molar-refractivity contribution in [3.63, 3.8) is 0 Å². The molecule has 0 radical (unpaired) electrons. The monoisotopic (exact) mass is 446 g/mol. The molecule has 2 saturated heterocycles. The van der Waals surface area contributed by atoms with Gasteiger partial charge in [-0.2, -0.15) is 0 Å². The van der Waals surface area contributed by atoms with E-state index < -0.39 is 0 Å². The van der Waals surface area contributed by atoms with Crippen LogP contribution in [0.25, 0.3) is 0 Å². The second kappa shape index (κ2) is 11.9. The molecule has 30 heavy (non-hydrogen) atoms. The molecule has 0 aliphatic carbocycles. The molecule has 2 aliphatic heterocycles. The smallest absolute Gasteiger partial charge is 0.0408 e. The summed E-state index contributed by atoms with van der Waals surface area (Å²) in [6.07, 6.45) is 4.55. The molecule has 2 heterocycles. The van der Waals surface area contributed by atoms with Gasteiger partial charge in [-0.25, -0.2) is 0 Å². The average molecular weight is 447 g/mol. The summed E-state index contributed by atoms with van der Waals surface area (Å²) < 4.78 is 0. The van der Waals surface area contributed by atoms with E-state index in [1.54, 1.807) is 0 Å². The second-order valence-electron chi connectivity index (χ2n) is 8.18. The lowest BCUT2D eigenvalue weighted by molar-refractivity contribution is 0.0876. The first kappa shape index (κ1) is 24.9. The van der Waals surface area contributed by atoms with E-state index in [2.05, 4.69) is 54.9 Å². The molecular formula is C26H36Cl2N2. The number of rotatable bonds is 6. The van der Waals surface area contributed by atoms with Crippen LogP contribution in [0.5, 0.6) is 0 Å². The van der Waals surface area contributed by atoms with Crippen molar-refractivity contribution in [2.24, 2.45) is 0 Å². The van der Waals surface area contributed by atoms with Gasteiger partial charge in [-0.15, -0.1) is 6.58 Å². The lowest BCUT2D eigenvalue weighted by Crippen LogP contribution is -2.50. The summed E-state index contributed by atoms with van der Waals surface area (Å²) in [6, 6.07) is 17.7. The van der Waals surface area contributed by atoms with E-state index in [0.29, 0.717) is 23.9 Å². The van der Waals surface area contributed by atoms with Gasteiger partial charge >= 0.3 is 0 Å². The minimum absolute atomic E-state index is 0. The molecule has 2 aromatic rings. The third-order valence-electron chi connectivity index (χ3n) is 6.34. The zero-order valence-electron chi connectivity index (χ0n) is 17.5. The molecule has 0 amide bonds. The summed E-state index contributed by atoms with van der Waals surface area (Å²) >= 11 is 12.0. The maximum absolute atomic E-state index is 6.02. The van der Waals surface area contributed by atoms with Gasteiger partial charge in [0, 0.05) is 35.2 Å². The van der Waals surface area contributed by atoms with Crippen LogP contribution >= 0.6 is 23.2 Å². The standard InChI is InChI=1S/C14H18ClN.C11H14ClN.CH4/c1-3-8-16-9-7-14(16)11(2)12-5-4-6-13(15)10-12;1-8(11-5-6-13-11)9-3-2-4-10(12)7-9;/h3-6,10-11,14H,1,7-9H2,2H3;2-4,7-8,11,13H,5-6H2,1H3;1H4/t11-,14-;8-,11-;/m00./s1. The summed E-state index contributed by atoms with van der Waals surface area (Å²) in [6.45, 7) is 11.7. The Kier molecular flexibility index (Phi) is 9.90. The topological polar surface area (TPSA) is 15.3 Å². The fourth-order valence-electron chi connectivity index (χ4n) is 4.19. The number of benzene rings is 2. The van der Waals surface area contributed by atoms with Crippen LogP contribution in [0, 0.1) is 0 Å². The van der Waals surface area contributed by atoms with E-state index in [9.17, 15) is 0 Å². The maximum Gasteiger partial charge on any atom is 0.0408 e. The number of nitrogens with zero attached hydrogens (tertiary/aromatic N) is 1. The highest BCUT2D eigenvalue weighted by Gasteiger charge is 2.32. The predicted molar refractivity (Wildman–Crippen MR) is 133 cm³/mol. The molecule has 0 saturated carbocycles. The fraction of sp³-hybridized carbons (Fsp3) is 0.462. The first-order valence-corrected chi connectivity index (χ1v) is 11.3. The number of nitrogens with one attached hydrogen (secondary N) is 1. The SMILES string of the molecule is C.C=CCN1CC[C@H]1[C@@H](C)c1cccc(Cl)c1.C[C@@H](c1cccc(Cl)c1)[C@@H]1CCN1.